The van der Waals surface area contributed by atoms with Crippen LogP contribution < -0.4 is 0 Å². The molecule has 0 atom stereocenters. The quantitative estimate of drug-likeness (QED) is 0.179. The van der Waals surface area contributed by atoms with Crippen LogP contribution in [0.25, 0.3) is 79.7 Å². The molecule has 0 N–H and O–H groups in total. The number of hydrogen-bond donors (Lipinski definition) is 0. The number of hydrogen-bond acceptors (Lipinski definition) is 1. The van der Waals surface area contributed by atoms with Gasteiger partial charge >= 0.3 is 0 Å². The van der Waals surface area contributed by atoms with Crippen molar-refractivity contribution in [3.8, 4) is 44.6 Å². The number of nitrogens with zero attached hydrogens (tertiary/aromatic N) is 1. The minimum atomic E-state index is 0.969. The van der Waals surface area contributed by atoms with Crippen LogP contribution in [0.3, 0.4) is 0 Å². The van der Waals surface area contributed by atoms with Gasteiger partial charge < -0.3 is 0 Å². The lowest BCUT2D eigenvalue weighted by Crippen LogP contribution is -1.99. The summed E-state index contributed by atoms with van der Waals surface area (Å²) < 4.78 is 0. The van der Waals surface area contributed by atoms with E-state index in [1.54, 1.807) is 0 Å². The zero-order valence-electron chi connectivity index (χ0n) is 25.4. The largest absolute Gasteiger partial charge is 0.256 e. The molecule has 1 nitrogen and oxygen atoms in total. The van der Waals surface area contributed by atoms with Crippen LogP contribution in [0.2, 0.25) is 0 Å². The number of benzene rings is 5. The van der Waals surface area contributed by atoms with Gasteiger partial charge in [0.1, 0.15) is 0 Å². The Labute approximate surface area is 260 Å². The molecule has 0 aliphatic carbocycles. The van der Waals surface area contributed by atoms with Crippen molar-refractivity contribution in [3.05, 3.63) is 163 Å². The summed E-state index contributed by atoms with van der Waals surface area (Å²) in [6.07, 6.45) is 9.67. The molecular formula is C43H35N. The third-order valence-electron chi connectivity index (χ3n) is 8.41. The van der Waals surface area contributed by atoms with E-state index in [2.05, 4.69) is 136 Å². The highest BCUT2D eigenvalue weighted by Crippen LogP contribution is 2.46. The van der Waals surface area contributed by atoms with E-state index in [0.717, 1.165) is 77.7 Å². The van der Waals surface area contributed by atoms with Crippen molar-refractivity contribution < 1.29 is 0 Å². The van der Waals surface area contributed by atoms with Crippen LogP contribution in [-0.2, 0) is 0 Å². The van der Waals surface area contributed by atoms with E-state index in [-0.39, 0.29) is 0 Å². The monoisotopic (exact) mass is 565 g/mol. The van der Waals surface area contributed by atoms with Crippen LogP contribution in [0.15, 0.2) is 130 Å². The molecule has 0 unspecified atom stereocenters. The fourth-order valence-corrected chi connectivity index (χ4v) is 6.28. The van der Waals surface area contributed by atoms with Gasteiger partial charge in [0, 0.05) is 11.8 Å². The summed E-state index contributed by atoms with van der Waals surface area (Å²) >= 11 is 0. The topological polar surface area (TPSA) is 12.9 Å². The molecule has 1 heteroatoms. The van der Waals surface area contributed by atoms with Gasteiger partial charge in [-0.05, 0) is 98.0 Å². The zero-order valence-corrected chi connectivity index (χ0v) is 25.4. The van der Waals surface area contributed by atoms with Gasteiger partial charge in [-0.25, -0.2) is 0 Å². The summed E-state index contributed by atoms with van der Waals surface area (Å²) in [5.74, 6) is 0. The molecule has 0 saturated carbocycles. The van der Waals surface area contributed by atoms with Crippen molar-refractivity contribution in [2.24, 2.45) is 0 Å². The van der Waals surface area contributed by atoms with Crippen molar-refractivity contribution in [2.75, 3.05) is 0 Å². The first kappa shape index (κ1) is 28.6. The third kappa shape index (κ3) is 4.93. The van der Waals surface area contributed by atoms with E-state index in [1.807, 2.05) is 36.6 Å². The van der Waals surface area contributed by atoms with Gasteiger partial charge in [-0.3, -0.25) is 4.98 Å². The molecule has 0 saturated heterocycles. The molecule has 0 aliphatic heterocycles. The van der Waals surface area contributed by atoms with E-state index in [0.29, 0.717) is 0 Å². The summed E-state index contributed by atoms with van der Waals surface area (Å²) in [7, 11) is 0. The molecule has 1 heterocycles. The lowest BCUT2D eigenvalue weighted by Gasteiger charge is -2.23. The minimum absolute atomic E-state index is 0.969. The Morgan fingerprint density at radius 2 is 1.00 bits per heavy atom. The summed E-state index contributed by atoms with van der Waals surface area (Å²) in [6.45, 7) is 21.3. The molecule has 0 spiro atoms. The number of rotatable bonds is 8. The Bertz CT molecular complexity index is 2070. The van der Waals surface area contributed by atoms with E-state index >= 15 is 0 Å². The number of aryl methyl sites for hydroxylation is 2. The highest BCUT2D eigenvalue weighted by Gasteiger charge is 2.21. The molecule has 1 aromatic heterocycles. The lowest BCUT2D eigenvalue weighted by molar-refractivity contribution is 1.29. The Morgan fingerprint density at radius 3 is 1.61 bits per heavy atom. The zero-order chi connectivity index (χ0) is 30.8. The van der Waals surface area contributed by atoms with Crippen LogP contribution in [-0.4, -0.2) is 4.98 Å². The molecular weight excluding hydrogens is 530 g/mol. The Hall–Kier alpha value is -5.53. The van der Waals surface area contributed by atoms with Crippen LogP contribution in [0.5, 0.6) is 0 Å². The van der Waals surface area contributed by atoms with Crippen LogP contribution >= 0.6 is 0 Å². The number of pyridine rings is 1. The first-order valence-corrected chi connectivity index (χ1v) is 14.8. The van der Waals surface area contributed by atoms with Crippen molar-refractivity contribution >= 4 is 35.1 Å². The Kier molecular flexibility index (Phi) is 7.79. The molecule has 0 bridgehead atoms. The van der Waals surface area contributed by atoms with Gasteiger partial charge in [-0.2, -0.15) is 0 Å². The normalized spacial score (nSPS) is 10.9. The predicted octanol–water partition coefficient (Wildman–Crippen LogP) is 12.1. The van der Waals surface area contributed by atoms with Gasteiger partial charge in [0.05, 0.1) is 5.69 Å². The van der Waals surface area contributed by atoms with Crippen molar-refractivity contribution in [1.29, 1.82) is 0 Å². The smallest absolute Gasteiger partial charge is 0.0704 e. The molecule has 0 radical (unpaired) electrons. The third-order valence-corrected chi connectivity index (χ3v) is 8.41. The second-order valence-corrected chi connectivity index (χ2v) is 11.1. The van der Waals surface area contributed by atoms with Crippen LogP contribution in [0.1, 0.15) is 33.4 Å². The molecule has 6 rings (SSSR count). The maximum atomic E-state index is 4.58. The van der Waals surface area contributed by atoms with Crippen molar-refractivity contribution in [2.45, 2.75) is 13.8 Å². The average molecular weight is 566 g/mol. The van der Waals surface area contributed by atoms with Crippen LogP contribution in [0, 0.1) is 13.8 Å². The fraction of sp³-hybridized carbons (Fsp3) is 0.0465. The Balaban J connectivity index is 1.61. The van der Waals surface area contributed by atoms with E-state index < -0.39 is 0 Å². The van der Waals surface area contributed by atoms with Crippen LogP contribution in [0.4, 0.5) is 0 Å². The molecule has 0 fully saturated rings. The van der Waals surface area contributed by atoms with Crippen molar-refractivity contribution in [3.63, 3.8) is 0 Å². The maximum Gasteiger partial charge on any atom is 0.0704 e. The summed E-state index contributed by atoms with van der Waals surface area (Å²) in [5, 5.41) is 2.30. The molecule has 5 aromatic carbocycles. The molecule has 44 heavy (non-hydrogen) atoms. The van der Waals surface area contributed by atoms with E-state index in [4.69, 9.17) is 0 Å². The van der Waals surface area contributed by atoms with E-state index in [9.17, 15) is 0 Å². The SMILES string of the molecule is C=Cc1c(-c2ccc(C)cc2)ccc(-c2c(C=C)c(C=C)c(-c3ccc(-c4cc(C)ccn4)cc3)c3ccccc23)c1C=C. The predicted molar refractivity (Wildman–Crippen MR) is 193 cm³/mol. The second kappa shape index (κ2) is 12.0. The summed E-state index contributed by atoms with van der Waals surface area (Å²) in [6, 6.07) is 34.4. The van der Waals surface area contributed by atoms with Gasteiger partial charge in [0.15, 0.2) is 0 Å². The average Bonchev–Trinajstić information content (AvgIpc) is 3.07. The van der Waals surface area contributed by atoms with Gasteiger partial charge in [0.25, 0.3) is 0 Å². The van der Waals surface area contributed by atoms with E-state index in [1.165, 1.54) is 11.1 Å². The highest BCUT2D eigenvalue weighted by atomic mass is 14.7. The highest BCUT2D eigenvalue weighted by molar-refractivity contribution is 6.13. The summed E-state index contributed by atoms with van der Waals surface area (Å²) in [5.41, 5.74) is 15.4. The lowest BCUT2D eigenvalue weighted by atomic mass is 9.80. The molecule has 0 aliphatic rings. The first-order valence-electron chi connectivity index (χ1n) is 14.8. The van der Waals surface area contributed by atoms with Gasteiger partial charge in [0.2, 0.25) is 0 Å². The fourth-order valence-electron chi connectivity index (χ4n) is 6.28. The van der Waals surface area contributed by atoms with Crippen molar-refractivity contribution in [1.82, 2.24) is 4.98 Å². The standard InChI is InChI=1S/C43H35N/c1-7-33-34(8-2)40(24-23-37(33)30-17-15-28(5)16-18-30)43-36(10-4)35(9-3)42(38-13-11-12-14-39(38)43)32-21-19-31(20-22-32)41-27-29(6)25-26-44-41/h7-27H,1-4H2,5-6H3. The molecule has 0 amide bonds. The minimum Gasteiger partial charge on any atom is -0.256 e. The summed E-state index contributed by atoms with van der Waals surface area (Å²) in [4.78, 5) is 4.58. The number of aromatic nitrogens is 1. The van der Waals surface area contributed by atoms with Gasteiger partial charge in [-0.15, -0.1) is 0 Å². The number of fused-ring (bicyclic) bond motifs is 1. The second-order valence-electron chi connectivity index (χ2n) is 11.1. The Morgan fingerprint density at radius 1 is 0.477 bits per heavy atom. The first-order chi connectivity index (χ1) is 21.5. The van der Waals surface area contributed by atoms with Gasteiger partial charge in [-0.1, -0.05) is 141 Å². The molecule has 6 aromatic rings. The molecule has 212 valence electrons. The maximum absolute atomic E-state index is 4.58.